The van der Waals surface area contributed by atoms with E-state index in [4.69, 9.17) is 4.42 Å². The average Bonchev–Trinajstić information content (AvgIpc) is 3.19. The van der Waals surface area contributed by atoms with Crippen molar-refractivity contribution >= 4 is 38.5 Å². The summed E-state index contributed by atoms with van der Waals surface area (Å²) in [6.45, 7) is 3.71. The third-order valence-electron chi connectivity index (χ3n) is 4.08. The molecule has 26 heavy (non-hydrogen) atoms. The first-order valence-electron chi connectivity index (χ1n) is 8.01. The van der Waals surface area contributed by atoms with Gasteiger partial charge < -0.3 is 9.73 Å². The fraction of sp³-hybridized carbons (Fsp3) is 0.105. The first kappa shape index (κ1) is 16.5. The van der Waals surface area contributed by atoms with Crippen LogP contribution in [0.3, 0.4) is 0 Å². The van der Waals surface area contributed by atoms with Gasteiger partial charge in [0.25, 0.3) is 5.91 Å². The molecule has 0 saturated carbocycles. The van der Waals surface area contributed by atoms with Crippen LogP contribution in [-0.4, -0.2) is 21.1 Å². The van der Waals surface area contributed by atoms with E-state index >= 15 is 0 Å². The number of benzene rings is 2. The van der Waals surface area contributed by atoms with E-state index in [2.05, 4.69) is 36.4 Å². The van der Waals surface area contributed by atoms with E-state index in [-0.39, 0.29) is 5.91 Å². The van der Waals surface area contributed by atoms with Crippen molar-refractivity contribution in [3.05, 3.63) is 64.1 Å². The Bertz CT molecular complexity index is 1130. The number of hydrogen-bond acceptors (Lipinski definition) is 4. The second-order valence-electron chi connectivity index (χ2n) is 5.98. The van der Waals surface area contributed by atoms with Crippen LogP contribution in [0.5, 0.6) is 0 Å². The minimum atomic E-state index is -0.293. The maximum atomic E-state index is 12.7. The number of aromatic amines is 1. The third-order valence-corrected chi connectivity index (χ3v) is 4.57. The summed E-state index contributed by atoms with van der Waals surface area (Å²) in [5, 5.41) is 10.7. The summed E-state index contributed by atoms with van der Waals surface area (Å²) >= 11 is 3.44. The van der Waals surface area contributed by atoms with Gasteiger partial charge in [-0.3, -0.25) is 9.89 Å². The summed E-state index contributed by atoms with van der Waals surface area (Å²) in [6.07, 6.45) is 0. The fourth-order valence-corrected chi connectivity index (χ4v) is 3.17. The molecule has 4 aromatic rings. The fourth-order valence-electron chi connectivity index (χ4n) is 2.81. The highest BCUT2D eigenvalue weighted by molar-refractivity contribution is 9.10. The van der Waals surface area contributed by atoms with Gasteiger partial charge >= 0.3 is 0 Å². The van der Waals surface area contributed by atoms with Crippen LogP contribution in [0.25, 0.3) is 22.4 Å². The number of nitrogens with one attached hydrogen (secondary N) is 2. The molecular formula is C19H15BrN4O2. The Morgan fingerprint density at radius 2 is 2.04 bits per heavy atom. The van der Waals surface area contributed by atoms with Crippen LogP contribution in [0.15, 0.2) is 51.4 Å². The molecule has 0 fully saturated rings. The largest absolute Gasteiger partial charge is 0.451 e. The van der Waals surface area contributed by atoms with Crippen LogP contribution in [0.1, 0.15) is 21.9 Å². The van der Waals surface area contributed by atoms with Gasteiger partial charge in [0.2, 0.25) is 0 Å². The lowest BCUT2D eigenvalue weighted by molar-refractivity contribution is 0.0998. The molecular weight excluding hydrogens is 396 g/mol. The zero-order valence-electron chi connectivity index (χ0n) is 14.1. The Hall–Kier alpha value is -2.93. The van der Waals surface area contributed by atoms with E-state index in [1.165, 1.54) is 0 Å². The number of H-pyrrole nitrogens is 1. The number of aryl methyl sites for hydroxylation is 2. The van der Waals surface area contributed by atoms with Gasteiger partial charge in [0.05, 0.1) is 0 Å². The summed E-state index contributed by atoms with van der Waals surface area (Å²) < 4.78 is 6.68. The number of aromatic nitrogens is 3. The minimum Gasteiger partial charge on any atom is -0.451 e. The summed E-state index contributed by atoms with van der Waals surface area (Å²) in [5.74, 6) is 1.33. The Labute approximate surface area is 157 Å². The Kier molecular flexibility index (Phi) is 4.08. The molecule has 130 valence electrons. The van der Waals surface area contributed by atoms with Gasteiger partial charge in [-0.15, -0.1) is 0 Å². The van der Waals surface area contributed by atoms with Crippen molar-refractivity contribution < 1.29 is 9.21 Å². The number of furan rings is 1. The standard InChI is InChI=1S/C19H15BrN4O2/c1-10-15-9-13(20)6-7-16(15)26-17(10)19(25)22-14-5-3-4-12(8-14)18-21-11(2)23-24-18/h3-9H,1-2H3,(H,22,25)(H,21,23,24). The van der Waals surface area contributed by atoms with Gasteiger partial charge in [-0.1, -0.05) is 28.1 Å². The summed E-state index contributed by atoms with van der Waals surface area (Å²) in [6, 6.07) is 13.0. The van der Waals surface area contributed by atoms with E-state index in [1.807, 2.05) is 56.3 Å². The van der Waals surface area contributed by atoms with Gasteiger partial charge in [0.1, 0.15) is 11.4 Å². The molecule has 2 heterocycles. The Morgan fingerprint density at radius 1 is 1.19 bits per heavy atom. The maximum absolute atomic E-state index is 12.7. The number of anilines is 1. The highest BCUT2D eigenvalue weighted by Gasteiger charge is 2.18. The first-order chi connectivity index (χ1) is 12.5. The molecule has 2 aromatic carbocycles. The Balaban J connectivity index is 1.63. The maximum Gasteiger partial charge on any atom is 0.291 e. The van der Waals surface area contributed by atoms with Gasteiger partial charge in [0.15, 0.2) is 11.6 Å². The zero-order valence-corrected chi connectivity index (χ0v) is 15.7. The quantitative estimate of drug-likeness (QED) is 0.505. The van der Waals surface area contributed by atoms with E-state index in [0.717, 1.165) is 26.8 Å². The van der Waals surface area contributed by atoms with Crippen LogP contribution >= 0.6 is 15.9 Å². The molecule has 6 nitrogen and oxygen atoms in total. The lowest BCUT2D eigenvalue weighted by Crippen LogP contribution is -2.12. The molecule has 0 bridgehead atoms. The van der Waals surface area contributed by atoms with E-state index in [9.17, 15) is 4.79 Å². The predicted octanol–water partition coefficient (Wildman–Crippen LogP) is 4.85. The number of fused-ring (bicyclic) bond motifs is 1. The average molecular weight is 411 g/mol. The molecule has 0 aliphatic heterocycles. The molecule has 2 aromatic heterocycles. The van der Waals surface area contributed by atoms with Crippen LogP contribution in [-0.2, 0) is 0 Å². The molecule has 0 spiro atoms. The van der Waals surface area contributed by atoms with Gasteiger partial charge in [-0.25, -0.2) is 4.98 Å². The predicted molar refractivity (Wildman–Crippen MR) is 103 cm³/mol. The summed E-state index contributed by atoms with van der Waals surface area (Å²) in [7, 11) is 0. The lowest BCUT2D eigenvalue weighted by Gasteiger charge is -2.05. The van der Waals surface area contributed by atoms with E-state index < -0.39 is 0 Å². The van der Waals surface area contributed by atoms with Crippen molar-refractivity contribution in [3.63, 3.8) is 0 Å². The topological polar surface area (TPSA) is 83.8 Å². The van der Waals surface area contributed by atoms with Crippen LogP contribution < -0.4 is 5.32 Å². The smallest absolute Gasteiger partial charge is 0.291 e. The molecule has 4 rings (SSSR count). The highest BCUT2D eigenvalue weighted by atomic mass is 79.9. The second-order valence-corrected chi connectivity index (χ2v) is 6.89. The number of amides is 1. The van der Waals surface area contributed by atoms with Crippen LogP contribution in [0.2, 0.25) is 0 Å². The number of nitrogens with zero attached hydrogens (tertiary/aromatic N) is 2. The normalized spacial score (nSPS) is 11.0. The second kappa shape index (κ2) is 6.42. The molecule has 0 unspecified atom stereocenters. The van der Waals surface area contributed by atoms with E-state index in [1.54, 1.807) is 0 Å². The molecule has 0 radical (unpaired) electrons. The molecule has 0 aliphatic rings. The first-order valence-corrected chi connectivity index (χ1v) is 8.80. The number of carbonyl (C=O) groups excluding carboxylic acids is 1. The van der Waals surface area contributed by atoms with Crippen LogP contribution in [0, 0.1) is 13.8 Å². The number of hydrogen-bond donors (Lipinski definition) is 2. The molecule has 2 N–H and O–H groups in total. The van der Waals surface area contributed by atoms with Gasteiger partial charge in [-0.05, 0) is 44.2 Å². The van der Waals surface area contributed by atoms with E-state index in [0.29, 0.717) is 22.9 Å². The third kappa shape index (κ3) is 3.01. The monoisotopic (exact) mass is 410 g/mol. The Morgan fingerprint density at radius 3 is 2.81 bits per heavy atom. The zero-order chi connectivity index (χ0) is 18.3. The number of carbonyl (C=O) groups is 1. The summed E-state index contributed by atoms with van der Waals surface area (Å²) in [5.41, 5.74) is 2.95. The SMILES string of the molecule is Cc1nc(-c2cccc(NC(=O)c3oc4ccc(Br)cc4c3C)c2)n[nH]1. The minimum absolute atomic E-state index is 0.293. The molecule has 7 heteroatoms. The molecule has 1 amide bonds. The molecule has 0 aliphatic carbocycles. The van der Waals surface area contributed by atoms with Gasteiger partial charge in [0, 0.05) is 26.7 Å². The highest BCUT2D eigenvalue weighted by Crippen LogP contribution is 2.29. The number of halogens is 1. The molecule has 0 saturated heterocycles. The van der Waals surface area contributed by atoms with Crippen molar-refractivity contribution in [3.8, 4) is 11.4 Å². The van der Waals surface area contributed by atoms with Crippen LogP contribution in [0.4, 0.5) is 5.69 Å². The lowest BCUT2D eigenvalue weighted by atomic mass is 10.1. The van der Waals surface area contributed by atoms with Crippen molar-refractivity contribution in [1.82, 2.24) is 15.2 Å². The van der Waals surface area contributed by atoms with Gasteiger partial charge in [-0.2, -0.15) is 5.10 Å². The molecule has 0 atom stereocenters. The number of rotatable bonds is 3. The van der Waals surface area contributed by atoms with Crippen molar-refractivity contribution in [2.24, 2.45) is 0 Å². The summed E-state index contributed by atoms with van der Waals surface area (Å²) in [4.78, 5) is 17.0. The van der Waals surface area contributed by atoms with Crippen molar-refractivity contribution in [1.29, 1.82) is 0 Å². The van der Waals surface area contributed by atoms with Crippen molar-refractivity contribution in [2.45, 2.75) is 13.8 Å². The van der Waals surface area contributed by atoms with Crippen molar-refractivity contribution in [2.75, 3.05) is 5.32 Å².